The number of benzene rings is 1. The van der Waals surface area contributed by atoms with Gasteiger partial charge in [0.2, 0.25) is 0 Å². The van der Waals surface area contributed by atoms with Gasteiger partial charge in [-0.25, -0.2) is 14.9 Å². The lowest BCUT2D eigenvalue weighted by atomic mass is 9.94. The van der Waals surface area contributed by atoms with E-state index in [1.165, 1.54) is 25.0 Å². The van der Waals surface area contributed by atoms with E-state index in [9.17, 15) is 4.39 Å². The van der Waals surface area contributed by atoms with Crippen LogP contribution >= 0.6 is 0 Å². The molecule has 3 heterocycles. The highest BCUT2D eigenvalue weighted by atomic mass is 19.1. The first-order valence-electron chi connectivity index (χ1n) is 11.0. The fourth-order valence-corrected chi connectivity index (χ4v) is 4.15. The van der Waals surface area contributed by atoms with Crippen LogP contribution in [0.2, 0.25) is 0 Å². The fraction of sp³-hybridized carbons (Fsp3) is 0.280. The second kappa shape index (κ2) is 8.61. The number of nitrogens with one attached hydrogen (secondary N) is 2. The molecule has 7 nitrogen and oxygen atoms in total. The Balaban J connectivity index is 1.74. The third-order valence-electron chi connectivity index (χ3n) is 6.12. The number of allylic oxidation sites excluding steroid dienone is 1. The molecule has 2 aromatic heterocycles. The Morgan fingerprint density at radius 1 is 1.24 bits per heavy atom. The maximum Gasteiger partial charge on any atom is 0.166 e. The molecule has 2 aliphatic rings. The minimum absolute atomic E-state index is 0.241. The SMILES string of the molecule is CC1Oc2cc(cnc2N)/C(NCC2CC2)=C(/N=N)Cc2cccnc2-c2ccc(F)cc21. The molecule has 1 fully saturated rings. The summed E-state index contributed by atoms with van der Waals surface area (Å²) in [5, 5.41) is 7.39. The van der Waals surface area contributed by atoms with E-state index in [2.05, 4.69) is 20.4 Å². The summed E-state index contributed by atoms with van der Waals surface area (Å²) >= 11 is 0. The zero-order chi connectivity index (χ0) is 22.9. The molecule has 168 valence electrons. The molecule has 1 aliphatic heterocycles. The molecule has 0 spiro atoms. The van der Waals surface area contributed by atoms with E-state index < -0.39 is 6.10 Å². The molecule has 1 aromatic carbocycles. The summed E-state index contributed by atoms with van der Waals surface area (Å²) in [7, 11) is 0. The van der Waals surface area contributed by atoms with Gasteiger partial charge in [0, 0.05) is 42.0 Å². The predicted octanol–water partition coefficient (Wildman–Crippen LogP) is 5.26. The van der Waals surface area contributed by atoms with Gasteiger partial charge in [-0.05, 0) is 61.6 Å². The number of hydrogen-bond donors (Lipinski definition) is 3. The van der Waals surface area contributed by atoms with E-state index in [0.717, 1.165) is 28.9 Å². The average Bonchev–Trinajstić information content (AvgIpc) is 3.64. The lowest BCUT2D eigenvalue weighted by molar-refractivity contribution is 0.227. The van der Waals surface area contributed by atoms with Crippen LogP contribution in [-0.2, 0) is 6.42 Å². The second-order valence-electron chi connectivity index (χ2n) is 8.54. The van der Waals surface area contributed by atoms with Crippen molar-refractivity contribution in [2.45, 2.75) is 32.3 Å². The van der Waals surface area contributed by atoms with Crippen LogP contribution in [0.25, 0.3) is 17.0 Å². The monoisotopic (exact) mass is 444 g/mol. The van der Waals surface area contributed by atoms with Crippen molar-refractivity contribution in [2.75, 3.05) is 12.3 Å². The molecule has 1 saturated carbocycles. The van der Waals surface area contributed by atoms with Gasteiger partial charge in [0.25, 0.3) is 0 Å². The largest absolute Gasteiger partial charge is 0.482 e. The van der Waals surface area contributed by atoms with E-state index in [-0.39, 0.29) is 11.6 Å². The molecule has 5 rings (SSSR count). The Kier molecular flexibility index (Phi) is 5.50. The first-order chi connectivity index (χ1) is 16.0. The minimum Gasteiger partial charge on any atom is -0.482 e. The highest BCUT2D eigenvalue weighted by Crippen LogP contribution is 2.37. The van der Waals surface area contributed by atoms with Gasteiger partial charge in [0.15, 0.2) is 11.6 Å². The Morgan fingerprint density at radius 2 is 2.09 bits per heavy atom. The lowest BCUT2D eigenvalue weighted by Gasteiger charge is -2.23. The van der Waals surface area contributed by atoms with Gasteiger partial charge < -0.3 is 15.8 Å². The zero-order valence-corrected chi connectivity index (χ0v) is 18.3. The Bertz CT molecular complexity index is 1250. The van der Waals surface area contributed by atoms with Gasteiger partial charge in [-0.3, -0.25) is 4.98 Å². The topological polar surface area (TPSA) is 109 Å². The van der Waals surface area contributed by atoms with E-state index >= 15 is 0 Å². The normalized spacial score (nSPS) is 19.9. The van der Waals surface area contributed by atoms with Crippen molar-refractivity contribution < 1.29 is 9.13 Å². The van der Waals surface area contributed by atoms with Gasteiger partial charge >= 0.3 is 0 Å². The fourth-order valence-electron chi connectivity index (χ4n) is 4.15. The van der Waals surface area contributed by atoms with Crippen LogP contribution in [0.3, 0.4) is 0 Å². The highest BCUT2D eigenvalue weighted by Gasteiger charge is 2.25. The van der Waals surface area contributed by atoms with Crippen LogP contribution in [0.15, 0.2) is 59.6 Å². The summed E-state index contributed by atoms with van der Waals surface area (Å²) in [6.45, 7) is 2.65. The summed E-state index contributed by atoms with van der Waals surface area (Å²) in [5.41, 5.74) is 19.1. The van der Waals surface area contributed by atoms with Crippen LogP contribution in [0.4, 0.5) is 10.2 Å². The van der Waals surface area contributed by atoms with Crippen molar-refractivity contribution in [3.63, 3.8) is 0 Å². The molecule has 0 saturated heterocycles. The number of hydrogen-bond acceptors (Lipinski definition) is 7. The quantitative estimate of drug-likeness (QED) is 0.476. The minimum atomic E-state index is -0.503. The highest BCUT2D eigenvalue weighted by molar-refractivity contribution is 5.72. The number of nitrogens with zero attached hydrogens (tertiary/aromatic N) is 3. The van der Waals surface area contributed by atoms with Crippen molar-refractivity contribution in [1.82, 2.24) is 15.3 Å². The Hall–Kier alpha value is -3.81. The number of pyridine rings is 2. The number of rotatable bonds is 4. The van der Waals surface area contributed by atoms with E-state index in [1.54, 1.807) is 18.5 Å². The number of fused-ring (bicyclic) bond motifs is 5. The third kappa shape index (κ3) is 4.28. The average molecular weight is 445 g/mol. The molecule has 0 amide bonds. The Labute approximate surface area is 191 Å². The molecular weight excluding hydrogens is 419 g/mol. The van der Waals surface area contributed by atoms with E-state index in [0.29, 0.717) is 35.0 Å². The standard InChI is InChI=1S/C25H25FN6O/c1-14-20-11-18(26)6-7-19(20)23-16(3-2-8-29-23)9-21(32-28)24(30-12-15-4-5-15)17-10-22(33-14)25(27)31-13-17/h2-3,6-8,10-11,13-15,28,30H,4-5,9,12H2,1H3,(H2,27,31)/b24-21-,32-28?. The molecule has 33 heavy (non-hydrogen) atoms. The maximum absolute atomic E-state index is 14.3. The van der Waals surface area contributed by atoms with E-state index in [4.69, 9.17) is 16.0 Å². The van der Waals surface area contributed by atoms with Crippen molar-refractivity contribution in [2.24, 2.45) is 11.0 Å². The van der Waals surface area contributed by atoms with Crippen LogP contribution in [0.5, 0.6) is 5.75 Å². The number of halogens is 1. The summed E-state index contributed by atoms with van der Waals surface area (Å²) in [4.78, 5) is 8.95. The van der Waals surface area contributed by atoms with E-state index in [1.807, 2.05) is 25.1 Å². The van der Waals surface area contributed by atoms with Crippen LogP contribution in [0.1, 0.15) is 42.6 Å². The second-order valence-corrected chi connectivity index (χ2v) is 8.54. The molecule has 0 radical (unpaired) electrons. The molecule has 1 unspecified atom stereocenters. The van der Waals surface area contributed by atoms with Gasteiger partial charge in [-0.2, -0.15) is 5.11 Å². The summed E-state index contributed by atoms with van der Waals surface area (Å²) in [5.74, 6) is 0.901. The van der Waals surface area contributed by atoms with Gasteiger partial charge in [0.05, 0.1) is 17.1 Å². The third-order valence-corrected chi connectivity index (χ3v) is 6.12. The van der Waals surface area contributed by atoms with Gasteiger partial charge in [0.1, 0.15) is 11.9 Å². The first kappa shape index (κ1) is 21.1. The van der Waals surface area contributed by atoms with Crippen molar-refractivity contribution in [1.29, 1.82) is 5.53 Å². The number of ether oxygens (including phenoxy) is 1. The molecule has 2 bridgehead atoms. The van der Waals surface area contributed by atoms with Crippen LogP contribution in [-0.4, -0.2) is 16.5 Å². The summed E-state index contributed by atoms with van der Waals surface area (Å²) in [6, 6.07) is 10.2. The molecular formula is C25H25FN6O. The predicted molar refractivity (Wildman–Crippen MR) is 124 cm³/mol. The van der Waals surface area contributed by atoms with Crippen molar-refractivity contribution in [3.8, 4) is 17.0 Å². The maximum atomic E-state index is 14.3. The number of nitrogen functional groups attached to an aromatic ring is 1. The smallest absolute Gasteiger partial charge is 0.166 e. The molecule has 4 N–H and O–H groups in total. The first-order valence-corrected chi connectivity index (χ1v) is 11.0. The van der Waals surface area contributed by atoms with Crippen LogP contribution < -0.4 is 15.8 Å². The van der Waals surface area contributed by atoms with Crippen molar-refractivity contribution in [3.05, 3.63) is 77.0 Å². The summed E-state index contributed by atoms with van der Waals surface area (Å²) in [6.07, 6.45) is 5.64. The van der Waals surface area contributed by atoms with Gasteiger partial charge in [-0.15, -0.1) is 0 Å². The number of anilines is 1. The zero-order valence-electron chi connectivity index (χ0n) is 18.3. The molecule has 1 aliphatic carbocycles. The summed E-state index contributed by atoms with van der Waals surface area (Å²) < 4.78 is 20.5. The lowest BCUT2D eigenvalue weighted by Crippen LogP contribution is -2.19. The van der Waals surface area contributed by atoms with Crippen LogP contribution in [0, 0.1) is 17.3 Å². The molecule has 1 atom stereocenters. The number of nitrogens with two attached hydrogens (primary N) is 1. The molecule has 8 heteroatoms. The number of aromatic nitrogens is 2. The molecule has 3 aromatic rings. The van der Waals surface area contributed by atoms with Gasteiger partial charge in [-0.1, -0.05) is 6.07 Å². The Morgan fingerprint density at radius 3 is 2.88 bits per heavy atom. The van der Waals surface area contributed by atoms with Crippen molar-refractivity contribution >= 4 is 11.5 Å².